The van der Waals surface area contributed by atoms with E-state index in [1.165, 1.54) is 31.4 Å². The van der Waals surface area contributed by atoms with Crippen LogP contribution in [0.1, 0.15) is 32.1 Å². The van der Waals surface area contributed by atoms with Crippen LogP contribution in [0.2, 0.25) is 0 Å². The van der Waals surface area contributed by atoms with Gasteiger partial charge in [0.15, 0.2) is 0 Å². The topological polar surface area (TPSA) is 42.0 Å². The molecule has 1 aromatic rings. The zero-order valence-electron chi connectivity index (χ0n) is 9.58. The minimum Gasteiger partial charge on any atom is -0.310 e. The van der Waals surface area contributed by atoms with Crippen LogP contribution < -0.4 is 5.32 Å². The molecule has 0 bridgehead atoms. The first-order valence-electron chi connectivity index (χ1n) is 6.09. The lowest BCUT2D eigenvalue weighted by Crippen LogP contribution is -2.21. The van der Waals surface area contributed by atoms with Gasteiger partial charge >= 0.3 is 0 Å². The smallest absolute Gasteiger partial charge is 0.228 e. The Balaban J connectivity index is 1.61. The van der Waals surface area contributed by atoms with E-state index in [1.54, 1.807) is 0 Å². The van der Waals surface area contributed by atoms with Gasteiger partial charge < -0.3 is 5.32 Å². The fourth-order valence-corrected chi connectivity index (χ4v) is 2.74. The second-order valence-electron chi connectivity index (χ2n) is 5.29. The van der Waals surface area contributed by atoms with Crippen LogP contribution in [0, 0.1) is 17.2 Å². The molecule has 0 saturated heterocycles. The van der Waals surface area contributed by atoms with E-state index in [9.17, 15) is 9.18 Å². The molecule has 4 heteroatoms. The van der Waals surface area contributed by atoms with Gasteiger partial charge in [0.2, 0.25) is 5.91 Å². The number of amides is 1. The number of hydrogen-bond donors (Lipinski definition) is 1. The molecule has 0 aliphatic heterocycles. The van der Waals surface area contributed by atoms with Crippen LogP contribution in [0.25, 0.3) is 0 Å². The summed E-state index contributed by atoms with van der Waals surface area (Å²) >= 11 is 0. The van der Waals surface area contributed by atoms with E-state index in [0.29, 0.717) is 11.2 Å². The number of carbonyl (C=O) groups excluding carboxylic acids is 1. The van der Waals surface area contributed by atoms with Crippen molar-refractivity contribution >= 4 is 11.7 Å². The van der Waals surface area contributed by atoms with Crippen LogP contribution in [0.5, 0.6) is 0 Å². The van der Waals surface area contributed by atoms with E-state index < -0.39 is 0 Å². The Morgan fingerprint density at radius 1 is 1.41 bits per heavy atom. The third kappa shape index (κ3) is 2.16. The van der Waals surface area contributed by atoms with Gasteiger partial charge in [-0.25, -0.2) is 9.37 Å². The Morgan fingerprint density at radius 2 is 2.24 bits per heavy atom. The summed E-state index contributed by atoms with van der Waals surface area (Å²) in [6.45, 7) is 0. The quantitative estimate of drug-likeness (QED) is 0.854. The zero-order valence-corrected chi connectivity index (χ0v) is 9.58. The lowest BCUT2D eigenvalue weighted by Gasteiger charge is -2.10. The standard InChI is InChI=1S/C13H15FN2O/c14-10-1-2-11(15-8-10)16-12(17)9-3-4-13(7-9)5-6-13/h1-2,8-9H,3-7H2,(H,15,16,17)/t9-/m0/s1. The third-order valence-electron chi connectivity index (χ3n) is 4.01. The average molecular weight is 234 g/mol. The average Bonchev–Trinajstić information content (AvgIpc) is 2.92. The molecule has 3 nitrogen and oxygen atoms in total. The summed E-state index contributed by atoms with van der Waals surface area (Å²) in [7, 11) is 0. The van der Waals surface area contributed by atoms with Crippen molar-refractivity contribution in [1.82, 2.24) is 4.98 Å². The molecule has 2 fully saturated rings. The molecule has 0 aromatic carbocycles. The molecule has 1 N–H and O–H groups in total. The Labute approximate surface area is 99.4 Å². The fourth-order valence-electron chi connectivity index (χ4n) is 2.74. The summed E-state index contributed by atoms with van der Waals surface area (Å²) in [4.78, 5) is 15.8. The summed E-state index contributed by atoms with van der Waals surface area (Å²) in [5.41, 5.74) is 0.498. The van der Waals surface area contributed by atoms with Gasteiger partial charge in [0.1, 0.15) is 11.6 Å². The maximum absolute atomic E-state index is 12.7. The minimum atomic E-state index is -0.388. The summed E-state index contributed by atoms with van der Waals surface area (Å²) in [5.74, 6) is 0.200. The third-order valence-corrected chi connectivity index (χ3v) is 4.01. The minimum absolute atomic E-state index is 0.0351. The van der Waals surface area contributed by atoms with Gasteiger partial charge in [0.25, 0.3) is 0 Å². The van der Waals surface area contributed by atoms with Crippen LogP contribution >= 0.6 is 0 Å². The normalized spacial score (nSPS) is 24.9. The predicted molar refractivity (Wildman–Crippen MR) is 61.8 cm³/mol. The number of hydrogen-bond acceptors (Lipinski definition) is 2. The van der Waals surface area contributed by atoms with E-state index in [2.05, 4.69) is 10.3 Å². The first kappa shape index (κ1) is 10.7. The van der Waals surface area contributed by atoms with Gasteiger partial charge in [0.05, 0.1) is 6.20 Å². The Bertz CT molecular complexity index is 439. The van der Waals surface area contributed by atoms with E-state index >= 15 is 0 Å². The molecule has 1 amide bonds. The number of rotatable bonds is 2. The largest absolute Gasteiger partial charge is 0.310 e. The van der Waals surface area contributed by atoms with E-state index in [1.807, 2.05) is 0 Å². The molecule has 2 aliphatic carbocycles. The number of anilines is 1. The van der Waals surface area contributed by atoms with E-state index in [0.717, 1.165) is 19.0 Å². The van der Waals surface area contributed by atoms with Crippen LogP contribution in [0.3, 0.4) is 0 Å². The molecule has 17 heavy (non-hydrogen) atoms. The van der Waals surface area contributed by atoms with E-state index in [4.69, 9.17) is 0 Å². The molecule has 2 aliphatic rings. The SMILES string of the molecule is O=C(Nc1ccc(F)cn1)[C@H]1CCC2(CC2)C1. The van der Waals surface area contributed by atoms with Crippen molar-refractivity contribution in [2.24, 2.45) is 11.3 Å². The lowest BCUT2D eigenvalue weighted by molar-refractivity contribution is -0.119. The van der Waals surface area contributed by atoms with Crippen LogP contribution in [-0.4, -0.2) is 10.9 Å². The molecule has 1 aromatic heterocycles. The second kappa shape index (κ2) is 3.79. The van der Waals surface area contributed by atoms with Crippen molar-refractivity contribution in [1.29, 1.82) is 0 Å². The number of pyridine rings is 1. The molecule has 1 spiro atoms. The highest BCUT2D eigenvalue weighted by Crippen LogP contribution is 2.59. The molecule has 3 rings (SSSR count). The van der Waals surface area contributed by atoms with Crippen molar-refractivity contribution < 1.29 is 9.18 Å². The van der Waals surface area contributed by atoms with Gasteiger partial charge in [-0.2, -0.15) is 0 Å². The number of aromatic nitrogens is 1. The summed E-state index contributed by atoms with van der Waals surface area (Å²) < 4.78 is 12.7. The van der Waals surface area contributed by atoms with Crippen molar-refractivity contribution in [2.75, 3.05) is 5.32 Å². The number of nitrogens with zero attached hydrogens (tertiary/aromatic N) is 1. The highest BCUT2D eigenvalue weighted by molar-refractivity contribution is 5.91. The second-order valence-corrected chi connectivity index (χ2v) is 5.29. The summed E-state index contributed by atoms with van der Waals surface area (Å²) in [6.07, 6.45) is 6.86. The number of halogens is 1. The summed E-state index contributed by atoms with van der Waals surface area (Å²) in [6, 6.07) is 2.80. The van der Waals surface area contributed by atoms with Gasteiger partial charge in [-0.15, -0.1) is 0 Å². The number of carbonyl (C=O) groups is 1. The van der Waals surface area contributed by atoms with Crippen LogP contribution in [0.15, 0.2) is 18.3 Å². The molecule has 0 radical (unpaired) electrons. The summed E-state index contributed by atoms with van der Waals surface area (Å²) in [5, 5.41) is 2.76. The highest BCUT2D eigenvalue weighted by Gasteiger charge is 2.49. The van der Waals surface area contributed by atoms with Gasteiger partial charge in [-0.3, -0.25) is 4.79 Å². The molecule has 1 heterocycles. The fraction of sp³-hybridized carbons (Fsp3) is 0.538. The van der Waals surface area contributed by atoms with Gasteiger partial charge in [-0.1, -0.05) is 0 Å². The Hall–Kier alpha value is -1.45. The predicted octanol–water partition coefficient (Wildman–Crippen LogP) is 2.74. The monoisotopic (exact) mass is 234 g/mol. The highest BCUT2D eigenvalue weighted by atomic mass is 19.1. The van der Waals surface area contributed by atoms with Crippen LogP contribution in [0.4, 0.5) is 10.2 Å². The van der Waals surface area contributed by atoms with Crippen LogP contribution in [-0.2, 0) is 4.79 Å². The van der Waals surface area contributed by atoms with Gasteiger partial charge in [-0.05, 0) is 49.7 Å². The first-order chi connectivity index (χ1) is 8.17. The first-order valence-corrected chi connectivity index (χ1v) is 6.09. The van der Waals surface area contributed by atoms with Crippen molar-refractivity contribution in [3.05, 3.63) is 24.1 Å². The van der Waals surface area contributed by atoms with Gasteiger partial charge in [0, 0.05) is 5.92 Å². The van der Waals surface area contributed by atoms with E-state index in [-0.39, 0.29) is 17.6 Å². The molecular weight excluding hydrogens is 219 g/mol. The Kier molecular flexibility index (Phi) is 2.38. The molecule has 90 valence electrons. The molecule has 2 saturated carbocycles. The molecular formula is C13H15FN2O. The lowest BCUT2D eigenvalue weighted by atomic mass is 10.0. The number of nitrogens with one attached hydrogen (secondary N) is 1. The zero-order chi connectivity index (χ0) is 11.9. The van der Waals surface area contributed by atoms with Crippen molar-refractivity contribution in [2.45, 2.75) is 32.1 Å². The van der Waals surface area contributed by atoms with Crippen molar-refractivity contribution in [3.63, 3.8) is 0 Å². The van der Waals surface area contributed by atoms with Crippen molar-refractivity contribution in [3.8, 4) is 0 Å². The molecule has 1 atom stereocenters. The molecule has 0 unspecified atom stereocenters. The Morgan fingerprint density at radius 3 is 2.82 bits per heavy atom. The maximum Gasteiger partial charge on any atom is 0.228 e. The maximum atomic E-state index is 12.7.